The summed E-state index contributed by atoms with van der Waals surface area (Å²) in [6, 6.07) is 10.0. The molecule has 0 radical (unpaired) electrons. The molecule has 0 aliphatic carbocycles. The van der Waals surface area contributed by atoms with Crippen LogP contribution in [-0.4, -0.2) is 37.3 Å². The molecule has 88 valence electrons. The van der Waals surface area contributed by atoms with Gasteiger partial charge in [-0.1, -0.05) is 30.3 Å². The van der Waals surface area contributed by atoms with Crippen LogP contribution in [-0.2, 0) is 16.0 Å². The van der Waals surface area contributed by atoms with Gasteiger partial charge in [0.2, 0.25) is 0 Å². The average molecular weight is 223 g/mol. The fraction of sp³-hybridized carbons (Fsp3) is 0.500. The molecule has 1 heterocycles. The highest BCUT2D eigenvalue weighted by Gasteiger charge is 2.21. The van der Waals surface area contributed by atoms with Gasteiger partial charge >= 0.3 is 0 Å². The molecule has 1 aromatic rings. The van der Waals surface area contributed by atoms with Crippen molar-refractivity contribution in [2.45, 2.75) is 18.7 Å². The number of ether oxygens (including phenoxy) is 2. The third kappa shape index (κ3) is 3.28. The summed E-state index contributed by atoms with van der Waals surface area (Å²) in [5, 5.41) is 13.0. The van der Waals surface area contributed by atoms with Gasteiger partial charge in [0.25, 0.3) is 0 Å². The van der Waals surface area contributed by atoms with Crippen LogP contribution in [0, 0.1) is 0 Å². The second-order valence-electron chi connectivity index (χ2n) is 3.90. The topological polar surface area (TPSA) is 50.7 Å². The van der Waals surface area contributed by atoms with E-state index >= 15 is 0 Å². The number of benzene rings is 1. The Morgan fingerprint density at radius 3 is 2.75 bits per heavy atom. The third-order valence-electron chi connectivity index (χ3n) is 2.63. The van der Waals surface area contributed by atoms with E-state index in [4.69, 9.17) is 9.47 Å². The summed E-state index contributed by atoms with van der Waals surface area (Å²) in [6.07, 6.45) is -0.508. The SMILES string of the molecule is O[C@H]1COCOC[C@@H]1NCc1ccccc1. The molecule has 0 bridgehead atoms. The van der Waals surface area contributed by atoms with Crippen LogP contribution < -0.4 is 5.32 Å². The van der Waals surface area contributed by atoms with Crippen LogP contribution in [0.4, 0.5) is 0 Å². The molecule has 1 aliphatic heterocycles. The molecule has 4 heteroatoms. The first-order valence-corrected chi connectivity index (χ1v) is 5.47. The standard InChI is InChI=1S/C12H17NO3/c14-12-8-16-9-15-7-11(12)13-6-10-4-2-1-3-5-10/h1-5,11-14H,6-9H2/t11-,12-/m0/s1. The maximum atomic E-state index is 9.76. The average Bonchev–Trinajstić information content (AvgIpc) is 2.53. The largest absolute Gasteiger partial charge is 0.389 e. The van der Waals surface area contributed by atoms with E-state index in [2.05, 4.69) is 5.32 Å². The van der Waals surface area contributed by atoms with Crippen molar-refractivity contribution in [1.82, 2.24) is 5.32 Å². The second-order valence-corrected chi connectivity index (χ2v) is 3.90. The van der Waals surface area contributed by atoms with Crippen LogP contribution in [0.25, 0.3) is 0 Å². The Bertz CT molecular complexity index is 304. The first-order chi connectivity index (χ1) is 7.86. The molecule has 1 aliphatic rings. The number of hydrogen-bond acceptors (Lipinski definition) is 4. The highest BCUT2D eigenvalue weighted by Crippen LogP contribution is 2.04. The van der Waals surface area contributed by atoms with Gasteiger partial charge in [-0.25, -0.2) is 0 Å². The molecule has 1 aromatic carbocycles. The number of rotatable bonds is 3. The second kappa shape index (κ2) is 5.96. The van der Waals surface area contributed by atoms with Crippen molar-refractivity contribution in [2.75, 3.05) is 20.0 Å². The number of aliphatic hydroxyl groups excluding tert-OH is 1. The van der Waals surface area contributed by atoms with Gasteiger partial charge in [0.05, 0.1) is 25.4 Å². The predicted molar refractivity (Wildman–Crippen MR) is 59.8 cm³/mol. The van der Waals surface area contributed by atoms with E-state index in [0.29, 0.717) is 13.2 Å². The third-order valence-corrected chi connectivity index (χ3v) is 2.63. The quantitative estimate of drug-likeness (QED) is 0.784. The van der Waals surface area contributed by atoms with Crippen LogP contribution in [0.5, 0.6) is 0 Å². The van der Waals surface area contributed by atoms with Gasteiger partial charge < -0.3 is 19.9 Å². The summed E-state index contributed by atoms with van der Waals surface area (Å²) in [6.45, 7) is 1.80. The van der Waals surface area contributed by atoms with Gasteiger partial charge in [0.15, 0.2) is 0 Å². The number of aliphatic hydroxyl groups is 1. The zero-order valence-electron chi connectivity index (χ0n) is 9.13. The van der Waals surface area contributed by atoms with E-state index in [1.54, 1.807) is 0 Å². The zero-order chi connectivity index (χ0) is 11.2. The van der Waals surface area contributed by atoms with E-state index in [1.165, 1.54) is 5.56 Å². The summed E-state index contributed by atoms with van der Waals surface area (Å²) >= 11 is 0. The molecule has 2 N–H and O–H groups in total. The van der Waals surface area contributed by atoms with Gasteiger partial charge in [0, 0.05) is 6.54 Å². The first kappa shape index (κ1) is 11.5. The Morgan fingerprint density at radius 2 is 1.94 bits per heavy atom. The summed E-state index contributed by atoms with van der Waals surface area (Å²) in [5.41, 5.74) is 1.19. The van der Waals surface area contributed by atoms with E-state index in [1.807, 2.05) is 30.3 Å². The number of nitrogens with one attached hydrogen (secondary N) is 1. The molecule has 0 amide bonds. The maximum Gasteiger partial charge on any atom is 0.146 e. The van der Waals surface area contributed by atoms with Crippen molar-refractivity contribution in [3.63, 3.8) is 0 Å². The molecule has 4 nitrogen and oxygen atoms in total. The molecular formula is C12H17NO3. The van der Waals surface area contributed by atoms with Crippen molar-refractivity contribution in [1.29, 1.82) is 0 Å². The van der Waals surface area contributed by atoms with Gasteiger partial charge in [-0.2, -0.15) is 0 Å². The van der Waals surface area contributed by atoms with Gasteiger partial charge in [-0.15, -0.1) is 0 Å². The lowest BCUT2D eigenvalue weighted by molar-refractivity contribution is -0.0421. The summed E-state index contributed by atoms with van der Waals surface area (Å²) < 4.78 is 10.3. The molecule has 1 saturated heterocycles. The number of hydrogen-bond donors (Lipinski definition) is 2. The first-order valence-electron chi connectivity index (χ1n) is 5.47. The lowest BCUT2D eigenvalue weighted by atomic mass is 10.1. The molecule has 0 spiro atoms. The Kier molecular flexibility index (Phi) is 4.30. The van der Waals surface area contributed by atoms with Crippen LogP contribution in [0.2, 0.25) is 0 Å². The molecule has 2 atom stereocenters. The van der Waals surface area contributed by atoms with Gasteiger partial charge in [-0.05, 0) is 5.56 Å². The summed E-state index contributed by atoms with van der Waals surface area (Å²) in [5.74, 6) is 0. The Morgan fingerprint density at radius 1 is 1.19 bits per heavy atom. The minimum Gasteiger partial charge on any atom is -0.389 e. The summed E-state index contributed by atoms with van der Waals surface area (Å²) in [4.78, 5) is 0. The fourth-order valence-electron chi connectivity index (χ4n) is 1.67. The molecule has 2 rings (SSSR count). The van der Waals surface area contributed by atoms with E-state index in [-0.39, 0.29) is 12.8 Å². The maximum absolute atomic E-state index is 9.76. The van der Waals surface area contributed by atoms with Crippen molar-refractivity contribution in [3.8, 4) is 0 Å². The Balaban J connectivity index is 1.84. The molecule has 1 fully saturated rings. The van der Waals surface area contributed by atoms with Gasteiger partial charge in [0.1, 0.15) is 6.79 Å². The lowest BCUT2D eigenvalue weighted by Gasteiger charge is -2.20. The van der Waals surface area contributed by atoms with Gasteiger partial charge in [-0.3, -0.25) is 0 Å². The van der Waals surface area contributed by atoms with Crippen LogP contribution in [0.3, 0.4) is 0 Å². The summed E-state index contributed by atoms with van der Waals surface area (Å²) in [7, 11) is 0. The van der Waals surface area contributed by atoms with E-state index in [9.17, 15) is 5.11 Å². The molecule has 0 saturated carbocycles. The smallest absolute Gasteiger partial charge is 0.146 e. The van der Waals surface area contributed by atoms with E-state index < -0.39 is 6.10 Å². The minimum absolute atomic E-state index is 0.0669. The molecular weight excluding hydrogens is 206 g/mol. The Labute approximate surface area is 95.2 Å². The minimum atomic E-state index is -0.508. The highest BCUT2D eigenvalue weighted by atomic mass is 16.7. The fourth-order valence-corrected chi connectivity index (χ4v) is 1.67. The van der Waals surface area contributed by atoms with Crippen molar-refractivity contribution in [3.05, 3.63) is 35.9 Å². The highest BCUT2D eigenvalue weighted by molar-refractivity contribution is 5.14. The van der Waals surface area contributed by atoms with Crippen molar-refractivity contribution in [2.24, 2.45) is 0 Å². The van der Waals surface area contributed by atoms with Crippen LogP contribution in [0.1, 0.15) is 5.56 Å². The van der Waals surface area contributed by atoms with Crippen LogP contribution >= 0.6 is 0 Å². The van der Waals surface area contributed by atoms with E-state index in [0.717, 1.165) is 6.54 Å². The van der Waals surface area contributed by atoms with Crippen molar-refractivity contribution >= 4 is 0 Å². The van der Waals surface area contributed by atoms with Crippen molar-refractivity contribution < 1.29 is 14.6 Å². The predicted octanol–water partition coefficient (Wildman–Crippen LogP) is 0.510. The lowest BCUT2D eigenvalue weighted by Crippen LogP contribution is -2.43. The zero-order valence-corrected chi connectivity index (χ0v) is 9.13. The molecule has 0 unspecified atom stereocenters. The molecule has 0 aromatic heterocycles. The molecule has 16 heavy (non-hydrogen) atoms. The Hall–Kier alpha value is -0.940. The van der Waals surface area contributed by atoms with Crippen LogP contribution in [0.15, 0.2) is 30.3 Å². The normalized spacial score (nSPS) is 26.3. The monoisotopic (exact) mass is 223 g/mol.